The highest BCUT2D eigenvalue weighted by Gasteiger charge is 2.15. The first-order valence-corrected chi connectivity index (χ1v) is 7.70. The van der Waals surface area contributed by atoms with E-state index in [9.17, 15) is 14.7 Å². The third-order valence-electron chi connectivity index (χ3n) is 4.00. The molecule has 0 radical (unpaired) electrons. The van der Waals surface area contributed by atoms with Crippen LogP contribution in [0, 0.1) is 6.92 Å². The largest absolute Gasteiger partial charge is 0.387 e. The van der Waals surface area contributed by atoms with Crippen molar-refractivity contribution in [1.82, 2.24) is 10.3 Å². The van der Waals surface area contributed by atoms with Gasteiger partial charge < -0.3 is 15.4 Å². The highest BCUT2D eigenvalue weighted by atomic mass is 16.3. The van der Waals surface area contributed by atoms with E-state index in [4.69, 9.17) is 0 Å². The molecule has 24 heavy (non-hydrogen) atoms. The normalized spacial score (nSPS) is 12.1. The van der Waals surface area contributed by atoms with Gasteiger partial charge >= 0.3 is 0 Å². The number of fused-ring (bicyclic) bond motifs is 1. The summed E-state index contributed by atoms with van der Waals surface area (Å²) in [5, 5.41) is 13.7. The summed E-state index contributed by atoms with van der Waals surface area (Å²) in [6.07, 6.45) is -0.802. The standard InChI is InChI=1S/C19H18N2O3/c1-12-6-2-3-7-13(12)17(22)11-20-19(24)15-10-18(23)21-16-9-5-4-8-14(15)16/h2-10,17,22H,11H2,1H3,(H,20,24)(H,21,23). The van der Waals surface area contributed by atoms with Gasteiger partial charge in [-0.05, 0) is 24.1 Å². The van der Waals surface area contributed by atoms with Gasteiger partial charge in [0.1, 0.15) is 0 Å². The van der Waals surface area contributed by atoms with Gasteiger partial charge in [-0.3, -0.25) is 9.59 Å². The van der Waals surface area contributed by atoms with Crippen LogP contribution < -0.4 is 10.9 Å². The molecule has 0 aliphatic carbocycles. The van der Waals surface area contributed by atoms with Gasteiger partial charge in [0.15, 0.2) is 0 Å². The van der Waals surface area contributed by atoms with Crippen molar-refractivity contribution in [3.8, 4) is 0 Å². The minimum absolute atomic E-state index is 0.0742. The molecule has 0 saturated heterocycles. The molecule has 5 heteroatoms. The number of pyridine rings is 1. The summed E-state index contributed by atoms with van der Waals surface area (Å²) < 4.78 is 0. The summed E-state index contributed by atoms with van der Waals surface area (Å²) in [6.45, 7) is 1.98. The fourth-order valence-corrected chi connectivity index (χ4v) is 2.75. The Bertz CT molecular complexity index is 946. The minimum Gasteiger partial charge on any atom is -0.387 e. The van der Waals surface area contributed by atoms with E-state index in [1.807, 2.05) is 31.2 Å². The molecule has 0 bridgehead atoms. The second-order valence-electron chi connectivity index (χ2n) is 5.68. The molecule has 3 aromatic rings. The Morgan fingerprint density at radius 1 is 1.17 bits per heavy atom. The number of hydrogen-bond acceptors (Lipinski definition) is 3. The molecule has 1 unspecified atom stereocenters. The van der Waals surface area contributed by atoms with Gasteiger partial charge in [-0.25, -0.2) is 0 Å². The minimum atomic E-state index is -0.802. The predicted molar refractivity (Wildman–Crippen MR) is 93.0 cm³/mol. The van der Waals surface area contributed by atoms with E-state index in [0.29, 0.717) is 16.5 Å². The second-order valence-corrected chi connectivity index (χ2v) is 5.68. The van der Waals surface area contributed by atoms with Crippen molar-refractivity contribution in [1.29, 1.82) is 0 Å². The molecule has 0 fully saturated rings. The molecular formula is C19H18N2O3. The smallest absolute Gasteiger partial charge is 0.252 e. The molecule has 3 N–H and O–H groups in total. The van der Waals surface area contributed by atoms with Gasteiger partial charge in [-0.15, -0.1) is 0 Å². The number of aromatic nitrogens is 1. The van der Waals surface area contributed by atoms with Gasteiger partial charge in [0.2, 0.25) is 5.56 Å². The third kappa shape index (κ3) is 3.21. The quantitative estimate of drug-likeness (QED) is 0.689. The summed E-state index contributed by atoms with van der Waals surface area (Å²) in [5.41, 5.74) is 2.30. The number of hydrogen-bond donors (Lipinski definition) is 3. The van der Waals surface area contributed by atoms with E-state index in [-0.39, 0.29) is 18.0 Å². The first-order valence-electron chi connectivity index (χ1n) is 7.70. The molecule has 1 atom stereocenters. The average molecular weight is 322 g/mol. The number of para-hydroxylation sites is 1. The van der Waals surface area contributed by atoms with Crippen LogP contribution in [0.4, 0.5) is 0 Å². The van der Waals surface area contributed by atoms with Crippen molar-refractivity contribution in [3.63, 3.8) is 0 Å². The van der Waals surface area contributed by atoms with Crippen molar-refractivity contribution >= 4 is 16.8 Å². The van der Waals surface area contributed by atoms with Gasteiger partial charge in [0, 0.05) is 23.5 Å². The maximum Gasteiger partial charge on any atom is 0.252 e. The van der Waals surface area contributed by atoms with Crippen LogP contribution in [0.15, 0.2) is 59.4 Å². The van der Waals surface area contributed by atoms with Crippen LogP contribution in [0.2, 0.25) is 0 Å². The SMILES string of the molecule is Cc1ccccc1C(O)CNC(=O)c1cc(=O)[nH]c2ccccc12. The molecule has 5 nitrogen and oxygen atoms in total. The number of rotatable bonds is 4. The lowest BCUT2D eigenvalue weighted by atomic mass is 10.0. The maximum atomic E-state index is 12.5. The summed E-state index contributed by atoms with van der Waals surface area (Å²) in [5.74, 6) is -0.384. The van der Waals surface area contributed by atoms with Gasteiger partial charge in [0.25, 0.3) is 5.91 Å². The van der Waals surface area contributed by atoms with Crippen molar-refractivity contribution in [2.45, 2.75) is 13.0 Å². The zero-order valence-electron chi connectivity index (χ0n) is 13.2. The van der Waals surface area contributed by atoms with E-state index in [2.05, 4.69) is 10.3 Å². The van der Waals surface area contributed by atoms with Crippen molar-refractivity contribution in [2.24, 2.45) is 0 Å². The summed E-state index contributed by atoms with van der Waals surface area (Å²) in [6, 6.07) is 15.9. The molecule has 0 saturated carbocycles. The predicted octanol–water partition coefficient (Wildman–Crippen LogP) is 2.30. The molecule has 0 spiro atoms. The van der Waals surface area contributed by atoms with Gasteiger partial charge in [0.05, 0.1) is 11.7 Å². The van der Waals surface area contributed by atoms with E-state index < -0.39 is 6.10 Å². The lowest BCUT2D eigenvalue weighted by Gasteiger charge is -2.15. The van der Waals surface area contributed by atoms with E-state index in [1.165, 1.54) is 6.07 Å². The fourth-order valence-electron chi connectivity index (χ4n) is 2.75. The molecule has 1 amide bonds. The Balaban J connectivity index is 1.81. The molecule has 3 rings (SSSR count). The molecule has 1 aromatic heterocycles. The van der Waals surface area contributed by atoms with Crippen LogP contribution in [0.3, 0.4) is 0 Å². The highest BCUT2D eigenvalue weighted by molar-refractivity contribution is 6.05. The monoisotopic (exact) mass is 322 g/mol. The van der Waals surface area contributed by atoms with Crippen LogP contribution in [0.5, 0.6) is 0 Å². The van der Waals surface area contributed by atoms with E-state index in [1.54, 1.807) is 24.3 Å². The van der Waals surface area contributed by atoms with Crippen LogP contribution in [-0.2, 0) is 0 Å². The number of amides is 1. The third-order valence-corrected chi connectivity index (χ3v) is 4.00. The fraction of sp³-hybridized carbons (Fsp3) is 0.158. The van der Waals surface area contributed by atoms with Crippen LogP contribution in [-0.4, -0.2) is 22.5 Å². The number of aromatic amines is 1. The number of aliphatic hydroxyl groups excluding tert-OH is 1. The highest BCUT2D eigenvalue weighted by Crippen LogP contribution is 2.17. The number of carbonyl (C=O) groups excluding carboxylic acids is 1. The van der Waals surface area contributed by atoms with E-state index in [0.717, 1.165) is 11.1 Å². The maximum absolute atomic E-state index is 12.5. The summed E-state index contributed by atoms with van der Waals surface area (Å²) in [4.78, 5) is 26.9. The topological polar surface area (TPSA) is 82.2 Å². The second kappa shape index (κ2) is 6.68. The lowest BCUT2D eigenvalue weighted by molar-refractivity contribution is 0.0917. The number of H-pyrrole nitrogens is 1. The number of benzene rings is 2. The van der Waals surface area contributed by atoms with Crippen LogP contribution >= 0.6 is 0 Å². The summed E-state index contributed by atoms with van der Waals surface area (Å²) in [7, 11) is 0. The number of aliphatic hydroxyl groups is 1. The molecule has 122 valence electrons. The van der Waals surface area contributed by atoms with Crippen molar-refractivity contribution in [2.75, 3.05) is 6.54 Å². The molecule has 0 aliphatic heterocycles. The molecule has 0 aliphatic rings. The van der Waals surface area contributed by atoms with Gasteiger partial charge in [-0.1, -0.05) is 42.5 Å². The first kappa shape index (κ1) is 16.0. The van der Waals surface area contributed by atoms with Crippen LogP contribution in [0.25, 0.3) is 10.9 Å². The zero-order chi connectivity index (χ0) is 17.1. The van der Waals surface area contributed by atoms with Crippen LogP contribution in [0.1, 0.15) is 27.6 Å². The number of nitrogens with one attached hydrogen (secondary N) is 2. The Labute approximate surface area is 139 Å². The van der Waals surface area contributed by atoms with Gasteiger partial charge in [-0.2, -0.15) is 0 Å². The van der Waals surface area contributed by atoms with E-state index >= 15 is 0 Å². The molecule has 1 heterocycles. The Morgan fingerprint density at radius 2 is 1.88 bits per heavy atom. The lowest BCUT2D eigenvalue weighted by Crippen LogP contribution is -2.29. The Kier molecular flexibility index (Phi) is 4.44. The number of aryl methyl sites for hydroxylation is 1. The summed E-state index contributed by atoms with van der Waals surface area (Å²) >= 11 is 0. The Hall–Kier alpha value is -2.92. The average Bonchev–Trinajstić information content (AvgIpc) is 2.59. The first-order chi connectivity index (χ1) is 11.6. The Morgan fingerprint density at radius 3 is 2.67 bits per heavy atom. The van der Waals surface area contributed by atoms with Crippen molar-refractivity contribution in [3.05, 3.63) is 81.6 Å². The molecule has 2 aromatic carbocycles. The zero-order valence-corrected chi connectivity index (χ0v) is 13.2. The molecular weight excluding hydrogens is 304 g/mol. The van der Waals surface area contributed by atoms with Crippen molar-refractivity contribution < 1.29 is 9.90 Å². The number of carbonyl (C=O) groups is 1.